The largest absolute Gasteiger partial charge is 0.380 e. The quantitative estimate of drug-likeness (QED) is 0.728. The van der Waals surface area contributed by atoms with Gasteiger partial charge in [0, 0.05) is 20.3 Å². The monoisotopic (exact) mass is 309 g/mol. The molecule has 0 aromatic rings. The van der Waals surface area contributed by atoms with Gasteiger partial charge in [0.1, 0.15) is 0 Å². The summed E-state index contributed by atoms with van der Waals surface area (Å²) >= 11 is 0. The number of hydrogen-bond acceptors (Lipinski definition) is 4. The second kappa shape index (κ2) is 10.2. The van der Waals surface area contributed by atoms with E-state index in [2.05, 4.69) is 5.32 Å². The molecule has 0 aromatic carbocycles. The highest BCUT2D eigenvalue weighted by Crippen LogP contribution is 2.21. The van der Waals surface area contributed by atoms with E-state index in [9.17, 15) is 4.79 Å². The fourth-order valence-electron chi connectivity index (χ4n) is 2.80. The Balaban J connectivity index is 0.000000359. The van der Waals surface area contributed by atoms with Crippen molar-refractivity contribution in [2.45, 2.75) is 62.8 Å². The lowest BCUT2D eigenvalue weighted by Gasteiger charge is -2.17. The molecule has 0 saturated heterocycles. The Hall–Kier alpha value is -0.560. The SMILES string of the molecule is CO[C@H]1CCC[C@@H]1N.CO[C@H]1CCC[C@@H]1NC(N)=O.Cl. The molecule has 0 aliphatic heterocycles. The molecule has 2 saturated carbocycles. The minimum atomic E-state index is -0.459. The summed E-state index contributed by atoms with van der Waals surface area (Å²) in [5.74, 6) is 0. The van der Waals surface area contributed by atoms with Gasteiger partial charge in [0.2, 0.25) is 0 Å². The molecule has 7 heteroatoms. The van der Waals surface area contributed by atoms with Gasteiger partial charge in [-0.2, -0.15) is 0 Å². The van der Waals surface area contributed by atoms with Crippen LogP contribution < -0.4 is 16.8 Å². The van der Waals surface area contributed by atoms with E-state index in [1.165, 1.54) is 6.42 Å². The summed E-state index contributed by atoms with van der Waals surface area (Å²) in [6, 6.07) is -0.0311. The zero-order valence-electron chi connectivity index (χ0n) is 12.3. The van der Waals surface area contributed by atoms with Gasteiger partial charge in [-0.3, -0.25) is 0 Å². The average Bonchev–Trinajstić information content (AvgIpc) is 2.97. The third kappa shape index (κ3) is 6.26. The van der Waals surface area contributed by atoms with Crippen LogP contribution in [0.3, 0.4) is 0 Å². The van der Waals surface area contributed by atoms with E-state index in [0.717, 1.165) is 32.1 Å². The van der Waals surface area contributed by atoms with Gasteiger partial charge < -0.3 is 26.3 Å². The van der Waals surface area contributed by atoms with Gasteiger partial charge in [0.05, 0.1) is 18.2 Å². The smallest absolute Gasteiger partial charge is 0.312 e. The molecule has 120 valence electrons. The highest BCUT2D eigenvalue weighted by Gasteiger charge is 2.27. The van der Waals surface area contributed by atoms with Crippen molar-refractivity contribution in [1.29, 1.82) is 0 Å². The molecular weight excluding hydrogens is 282 g/mol. The zero-order valence-corrected chi connectivity index (χ0v) is 13.2. The summed E-state index contributed by atoms with van der Waals surface area (Å²) in [5.41, 5.74) is 10.6. The standard InChI is InChI=1S/C7H14N2O2.C6H13NO.ClH/c1-11-6-4-2-3-5(6)9-7(8)10;1-8-6-4-2-3-5(6)7;/h5-6H,2-4H2,1H3,(H3,8,9,10);5-6H,2-4,7H2,1H3;1H/t2*5-,6-;/m00./s1. The number of nitrogens with two attached hydrogens (primary N) is 2. The van der Waals surface area contributed by atoms with Crippen LogP contribution in [0.1, 0.15) is 38.5 Å². The van der Waals surface area contributed by atoms with Crippen molar-refractivity contribution in [3.05, 3.63) is 0 Å². The van der Waals surface area contributed by atoms with Crippen LogP contribution >= 0.6 is 12.4 Å². The Labute approximate surface area is 127 Å². The predicted molar refractivity (Wildman–Crippen MR) is 81.0 cm³/mol. The van der Waals surface area contributed by atoms with Gasteiger partial charge in [0.25, 0.3) is 0 Å². The van der Waals surface area contributed by atoms with Gasteiger partial charge in [-0.1, -0.05) is 0 Å². The van der Waals surface area contributed by atoms with Crippen molar-refractivity contribution < 1.29 is 14.3 Å². The molecule has 2 aliphatic carbocycles. The molecule has 5 N–H and O–H groups in total. The van der Waals surface area contributed by atoms with Crippen molar-refractivity contribution in [2.24, 2.45) is 11.5 Å². The number of primary amides is 1. The first kappa shape index (κ1) is 19.4. The zero-order chi connectivity index (χ0) is 14.3. The topological polar surface area (TPSA) is 99.6 Å². The van der Waals surface area contributed by atoms with Crippen molar-refractivity contribution in [3.8, 4) is 0 Å². The second-order valence-electron chi connectivity index (χ2n) is 5.19. The third-order valence-corrected chi connectivity index (χ3v) is 3.89. The summed E-state index contributed by atoms with van der Waals surface area (Å²) in [6.07, 6.45) is 7.11. The van der Waals surface area contributed by atoms with Crippen LogP contribution in [0.5, 0.6) is 0 Å². The molecule has 0 radical (unpaired) electrons. The summed E-state index contributed by atoms with van der Waals surface area (Å²) in [4.78, 5) is 10.5. The van der Waals surface area contributed by atoms with Crippen LogP contribution in [0.2, 0.25) is 0 Å². The number of methoxy groups -OCH3 is 2. The van der Waals surface area contributed by atoms with Crippen LogP contribution in [0, 0.1) is 0 Å². The van der Waals surface area contributed by atoms with Crippen molar-refractivity contribution >= 4 is 18.4 Å². The number of nitrogens with one attached hydrogen (secondary N) is 1. The van der Waals surface area contributed by atoms with E-state index in [1.807, 2.05) is 0 Å². The number of halogens is 1. The van der Waals surface area contributed by atoms with E-state index in [-0.39, 0.29) is 24.6 Å². The number of urea groups is 1. The molecule has 0 aromatic heterocycles. The Morgan fingerprint density at radius 2 is 1.60 bits per heavy atom. The summed E-state index contributed by atoms with van der Waals surface area (Å²) in [7, 11) is 3.39. The van der Waals surface area contributed by atoms with E-state index in [4.69, 9.17) is 20.9 Å². The molecular formula is C13H28ClN3O3. The molecule has 20 heavy (non-hydrogen) atoms. The van der Waals surface area contributed by atoms with Gasteiger partial charge in [0.15, 0.2) is 0 Å². The number of ether oxygens (including phenoxy) is 2. The summed E-state index contributed by atoms with van der Waals surface area (Å²) in [6.45, 7) is 0. The molecule has 2 fully saturated rings. The molecule has 0 heterocycles. The lowest BCUT2D eigenvalue weighted by molar-refractivity contribution is 0.0880. The van der Waals surface area contributed by atoms with E-state index < -0.39 is 6.03 Å². The molecule has 0 bridgehead atoms. The number of carbonyl (C=O) groups excluding carboxylic acids is 1. The van der Waals surface area contributed by atoms with E-state index in [1.54, 1.807) is 14.2 Å². The molecule has 6 nitrogen and oxygen atoms in total. The molecule has 2 amide bonds. The molecule has 2 aliphatic rings. The maximum absolute atomic E-state index is 10.5. The average molecular weight is 310 g/mol. The van der Waals surface area contributed by atoms with Crippen LogP contribution in [-0.2, 0) is 9.47 Å². The van der Waals surface area contributed by atoms with Gasteiger partial charge in [-0.15, -0.1) is 12.4 Å². The maximum atomic E-state index is 10.5. The van der Waals surface area contributed by atoms with Crippen LogP contribution in [0.15, 0.2) is 0 Å². The maximum Gasteiger partial charge on any atom is 0.312 e. The van der Waals surface area contributed by atoms with Crippen molar-refractivity contribution in [1.82, 2.24) is 5.32 Å². The third-order valence-electron chi connectivity index (χ3n) is 3.89. The first-order valence-electron chi connectivity index (χ1n) is 6.95. The van der Waals surface area contributed by atoms with E-state index >= 15 is 0 Å². The first-order valence-corrected chi connectivity index (χ1v) is 6.95. The van der Waals surface area contributed by atoms with E-state index in [0.29, 0.717) is 12.1 Å². The minimum absolute atomic E-state index is 0. The fourth-order valence-corrected chi connectivity index (χ4v) is 2.80. The van der Waals surface area contributed by atoms with Gasteiger partial charge in [-0.05, 0) is 38.5 Å². The first-order chi connectivity index (χ1) is 9.08. The molecule has 4 atom stereocenters. The Morgan fingerprint density at radius 3 is 2.00 bits per heavy atom. The Bertz CT molecular complexity index is 282. The predicted octanol–water partition coefficient (Wildman–Crippen LogP) is 1.16. The van der Waals surface area contributed by atoms with Crippen LogP contribution in [0.4, 0.5) is 4.79 Å². The number of carbonyl (C=O) groups is 1. The summed E-state index contributed by atoms with van der Waals surface area (Å²) < 4.78 is 10.3. The lowest BCUT2D eigenvalue weighted by Crippen LogP contribution is -2.43. The minimum Gasteiger partial charge on any atom is -0.380 e. The number of amides is 2. The van der Waals surface area contributed by atoms with Crippen LogP contribution in [0.25, 0.3) is 0 Å². The highest BCUT2D eigenvalue weighted by molar-refractivity contribution is 5.85. The molecule has 0 spiro atoms. The highest BCUT2D eigenvalue weighted by atomic mass is 35.5. The fraction of sp³-hybridized carbons (Fsp3) is 0.923. The molecule has 2 rings (SSSR count). The van der Waals surface area contributed by atoms with Crippen molar-refractivity contribution in [2.75, 3.05) is 14.2 Å². The van der Waals surface area contributed by atoms with Gasteiger partial charge >= 0.3 is 6.03 Å². The van der Waals surface area contributed by atoms with Crippen LogP contribution in [-0.4, -0.2) is 44.5 Å². The van der Waals surface area contributed by atoms with Crippen molar-refractivity contribution in [3.63, 3.8) is 0 Å². The Morgan fingerprint density at radius 1 is 1.05 bits per heavy atom. The molecule has 0 unspecified atom stereocenters. The Kier molecular flexibility index (Phi) is 9.92. The lowest BCUT2D eigenvalue weighted by atomic mass is 10.2. The van der Waals surface area contributed by atoms with Gasteiger partial charge in [-0.25, -0.2) is 4.79 Å². The number of rotatable bonds is 3. The normalized spacial score (nSPS) is 31.9. The number of hydrogen-bond donors (Lipinski definition) is 3. The summed E-state index contributed by atoms with van der Waals surface area (Å²) in [5, 5.41) is 2.66. The second-order valence-corrected chi connectivity index (χ2v) is 5.19.